The van der Waals surface area contributed by atoms with Crippen molar-refractivity contribution in [3.8, 4) is 0 Å². The molecule has 0 saturated carbocycles. The Labute approximate surface area is 140 Å². The minimum Gasteiger partial charge on any atom is -0.351 e. The number of halogens is 3. The summed E-state index contributed by atoms with van der Waals surface area (Å²) in [5.41, 5.74) is 0.801. The van der Waals surface area contributed by atoms with Crippen LogP contribution in [0, 0.1) is 11.6 Å². The van der Waals surface area contributed by atoms with Gasteiger partial charge in [0, 0.05) is 16.6 Å². The molecule has 0 aliphatic carbocycles. The van der Waals surface area contributed by atoms with Gasteiger partial charge in [-0.05, 0) is 42.3 Å². The van der Waals surface area contributed by atoms with E-state index in [2.05, 4.69) is 5.32 Å². The maximum absolute atomic E-state index is 13.2. The average Bonchev–Trinajstić information content (AvgIpc) is 2.83. The van der Waals surface area contributed by atoms with Crippen molar-refractivity contribution >= 4 is 38.9 Å². The summed E-state index contributed by atoms with van der Waals surface area (Å²) in [5.74, 6) is -0.982. The second-order valence-electron chi connectivity index (χ2n) is 5.02. The number of nitrogens with one attached hydrogen (secondary N) is 1. The van der Waals surface area contributed by atoms with Gasteiger partial charge in [0.15, 0.2) is 0 Å². The van der Waals surface area contributed by atoms with Crippen LogP contribution in [0.1, 0.15) is 15.2 Å². The fourth-order valence-corrected chi connectivity index (χ4v) is 3.74. The monoisotopic (exact) mass is 351 g/mol. The van der Waals surface area contributed by atoms with Gasteiger partial charge < -0.3 is 5.32 Å². The Bertz CT molecular complexity index is 878. The Balaban J connectivity index is 1.70. The molecule has 0 fully saturated rings. The molecule has 1 N–H and O–H groups in total. The molecule has 0 spiro atoms. The van der Waals surface area contributed by atoms with E-state index in [1.54, 1.807) is 18.2 Å². The molecule has 0 atom stereocenters. The highest BCUT2D eigenvalue weighted by Gasteiger charge is 2.17. The number of rotatable bonds is 4. The molecule has 2 aromatic carbocycles. The van der Waals surface area contributed by atoms with Gasteiger partial charge in [-0.3, -0.25) is 4.79 Å². The number of hydrogen-bond acceptors (Lipinski definition) is 2. The van der Waals surface area contributed by atoms with Crippen LogP contribution < -0.4 is 5.32 Å². The van der Waals surface area contributed by atoms with E-state index in [-0.39, 0.29) is 17.5 Å². The maximum atomic E-state index is 13.2. The van der Waals surface area contributed by atoms with Crippen molar-refractivity contribution in [3.05, 3.63) is 69.6 Å². The first-order valence-electron chi connectivity index (χ1n) is 6.95. The van der Waals surface area contributed by atoms with Crippen LogP contribution in [0.25, 0.3) is 10.1 Å². The first-order valence-corrected chi connectivity index (χ1v) is 8.14. The number of carbonyl (C=O) groups excluding carboxylic acids is 1. The lowest BCUT2D eigenvalue weighted by Crippen LogP contribution is -2.25. The van der Waals surface area contributed by atoms with Crippen molar-refractivity contribution in [3.63, 3.8) is 0 Å². The molecule has 0 unspecified atom stereocenters. The average molecular weight is 352 g/mol. The van der Waals surface area contributed by atoms with Crippen LogP contribution in [0.2, 0.25) is 5.02 Å². The highest BCUT2D eigenvalue weighted by atomic mass is 35.5. The first kappa shape index (κ1) is 15.9. The molecule has 1 amide bonds. The van der Waals surface area contributed by atoms with Crippen molar-refractivity contribution in [1.29, 1.82) is 0 Å². The Morgan fingerprint density at radius 3 is 2.70 bits per heavy atom. The van der Waals surface area contributed by atoms with Crippen molar-refractivity contribution in [1.82, 2.24) is 5.32 Å². The van der Waals surface area contributed by atoms with Crippen LogP contribution in [0.3, 0.4) is 0 Å². The minimum atomic E-state index is -0.367. The summed E-state index contributed by atoms with van der Waals surface area (Å²) in [7, 11) is 0. The van der Waals surface area contributed by atoms with E-state index in [1.165, 1.54) is 24.3 Å². The molecule has 23 heavy (non-hydrogen) atoms. The van der Waals surface area contributed by atoms with E-state index in [0.717, 1.165) is 16.9 Å². The lowest BCUT2D eigenvalue weighted by molar-refractivity contribution is 0.0958. The Hall–Kier alpha value is -1.98. The van der Waals surface area contributed by atoms with Gasteiger partial charge in [0.25, 0.3) is 5.91 Å². The van der Waals surface area contributed by atoms with Gasteiger partial charge >= 0.3 is 0 Å². The summed E-state index contributed by atoms with van der Waals surface area (Å²) >= 11 is 7.35. The molecule has 1 aromatic heterocycles. The van der Waals surface area contributed by atoms with Crippen molar-refractivity contribution in [2.24, 2.45) is 0 Å². The van der Waals surface area contributed by atoms with Crippen LogP contribution in [-0.4, -0.2) is 12.5 Å². The highest BCUT2D eigenvalue weighted by Crippen LogP contribution is 2.35. The zero-order chi connectivity index (χ0) is 16.4. The number of carbonyl (C=O) groups is 1. The molecule has 6 heteroatoms. The topological polar surface area (TPSA) is 29.1 Å². The maximum Gasteiger partial charge on any atom is 0.262 e. The second-order valence-corrected chi connectivity index (χ2v) is 6.45. The van der Waals surface area contributed by atoms with Crippen molar-refractivity contribution < 1.29 is 13.6 Å². The van der Waals surface area contributed by atoms with Gasteiger partial charge in [-0.15, -0.1) is 11.3 Å². The first-order chi connectivity index (χ1) is 11.0. The van der Waals surface area contributed by atoms with Crippen molar-refractivity contribution in [2.45, 2.75) is 6.42 Å². The molecule has 3 rings (SSSR count). The molecular formula is C17H12ClF2NOS. The summed E-state index contributed by atoms with van der Waals surface area (Å²) < 4.78 is 27.0. The number of hydrogen-bond donors (Lipinski definition) is 1. The molecule has 0 radical (unpaired) electrons. The van der Waals surface area contributed by atoms with E-state index in [0.29, 0.717) is 33.0 Å². The quantitative estimate of drug-likeness (QED) is 0.718. The van der Waals surface area contributed by atoms with Crippen molar-refractivity contribution in [2.75, 3.05) is 6.54 Å². The zero-order valence-electron chi connectivity index (χ0n) is 11.9. The van der Waals surface area contributed by atoms with E-state index in [4.69, 9.17) is 11.6 Å². The molecule has 0 aliphatic rings. The minimum absolute atomic E-state index is 0.302. The standard InChI is InChI=1S/C17H12ClF2NOS/c18-15-13-5-4-12(20)9-14(13)23-16(15)17(22)21-7-6-10-2-1-3-11(19)8-10/h1-5,8-9H,6-7H2,(H,21,22). The number of benzene rings is 2. The Morgan fingerprint density at radius 1 is 1.13 bits per heavy atom. The summed E-state index contributed by atoms with van der Waals surface area (Å²) in [4.78, 5) is 12.6. The van der Waals surface area contributed by atoms with Crippen LogP contribution in [-0.2, 0) is 6.42 Å². The number of amides is 1. The molecule has 3 aromatic rings. The summed E-state index contributed by atoms with van der Waals surface area (Å²) in [6, 6.07) is 10.5. The van der Waals surface area contributed by atoms with Gasteiger partial charge in [-0.25, -0.2) is 8.78 Å². The van der Waals surface area contributed by atoms with E-state index in [1.807, 2.05) is 0 Å². The number of fused-ring (bicyclic) bond motifs is 1. The third-order valence-corrected chi connectivity index (χ3v) is 5.04. The van der Waals surface area contributed by atoms with Gasteiger partial charge in [0.05, 0.1) is 5.02 Å². The SMILES string of the molecule is O=C(NCCc1cccc(F)c1)c1sc2cc(F)ccc2c1Cl. The van der Waals surface area contributed by atoms with Crippen LogP contribution >= 0.6 is 22.9 Å². The lowest BCUT2D eigenvalue weighted by atomic mass is 10.1. The Kier molecular flexibility index (Phi) is 4.59. The lowest BCUT2D eigenvalue weighted by Gasteiger charge is -2.04. The largest absolute Gasteiger partial charge is 0.351 e. The van der Waals surface area contributed by atoms with E-state index < -0.39 is 0 Å². The molecule has 0 aliphatic heterocycles. The van der Waals surface area contributed by atoms with E-state index >= 15 is 0 Å². The van der Waals surface area contributed by atoms with Crippen LogP contribution in [0.4, 0.5) is 8.78 Å². The molecule has 118 valence electrons. The fraction of sp³-hybridized carbons (Fsp3) is 0.118. The molecule has 1 heterocycles. The second kappa shape index (κ2) is 6.64. The molecular weight excluding hydrogens is 340 g/mol. The predicted molar refractivity (Wildman–Crippen MR) is 89.2 cm³/mol. The third-order valence-electron chi connectivity index (χ3n) is 3.39. The fourth-order valence-electron chi connectivity index (χ4n) is 2.28. The summed E-state index contributed by atoms with van der Waals surface area (Å²) in [5, 5.41) is 3.74. The van der Waals surface area contributed by atoms with E-state index in [9.17, 15) is 13.6 Å². The van der Waals surface area contributed by atoms with Crippen LogP contribution in [0.15, 0.2) is 42.5 Å². The Morgan fingerprint density at radius 2 is 1.91 bits per heavy atom. The zero-order valence-corrected chi connectivity index (χ0v) is 13.5. The normalized spacial score (nSPS) is 10.9. The van der Waals surface area contributed by atoms with Crippen LogP contribution in [0.5, 0.6) is 0 Å². The smallest absolute Gasteiger partial charge is 0.262 e. The summed E-state index contributed by atoms with van der Waals surface area (Å²) in [6.45, 7) is 0.362. The van der Waals surface area contributed by atoms with Gasteiger partial charge in [-0.2, -0.15) is 0 Å². The van der Waals surface area contributed by atoms with Gasteiger partial charge in [-0.1, -0.05) is 23.7 Å². The third kappa shape index (κ3) is 3.51. The van der Waals surface area contributed by atoms with Gasteiger partial charge in [0.2, 0.25) is 0 Å². The van der Waals surface area contributed by atoms with Gasteiger partial charge in [0.1, 0.15) is 16.5 Å². The molecule has 0 bridgehead atoms. The molecule has 0 saturated heterocycles. The molecule has 2 nitrogen and oxygen atoms in total. The predicted octanol–water partition coefficient (Wildman–Crippen LogP) is 4.81. The summed E-state index contributed by atoms with van der Waals surface area (Å²) in [6.07, 6.45) is 0.515. The highest BCUT2D eigenvalue weighted by molar-refractivity contribution is 7.21. The number of thiophene rings is 1.